The van der Waals surface area contributed by atoms with E-state index in [2.05, 4.69) is 0 Å². The first kappa shape index (κ1) is 16.1. The monoisotopic (exact) mass is 320 g/mol. The molecular weight excluding hydrogens is 302 g/mol. The summed E-state index contributed by atoms with van der Waals surface area (Å²) >= 11 is 0. The molecule has 0 bridgehead atoms. The van der Waals surface area contributed by atoms with E-state index in [9.17, 15) is 17.2 Å². The Bertz CT molecular complexity index is 578. The number of nitrogens with zero attached hydrogens (tertiary/aromatic N) is 1. The molecule has 1 fully saturated rings. The minimum absolute atomic E-state index is 0.00299. The summed E-state index contributed by atoms with van der Waals surface area (Å²) < 4.78 is 53.3. The SMILES string of the molecule is CC1CN(c2ccc(S(=O)(=O)C(F)F)cc2)CC(CN)O1. The van der Waals surface area contributed by atoms with Crippen LogP contribution in [0.5, 0.6) is 0 Å². The first-order valence-corrected chi connectivity index (χ1v) is 8.12. The molecule has 1 aliphatic heterocycles. The summed E-state index contributed by atoms with van der Waals surface area (Å²) in [6, 6.07) is 5.46. The van der Waals surface area contributed by atoms with Crippen LogP contribution in [-0.2, 0) is 14.6 Å². The Morgan fingerprint density at radius 2 is 1.95 bits per heavy atom. The molecule has 0 radical (unpaired) electrons. The second-order valence-electron chi connectivity index (χ2n) is 5.01. The highest BCUT2D eigenvalue weighted by Gasteiger charge is 2.28. The average molecular weight is 320 g/mol. The summed E-state index contributed by atoms with van der Waals surface area (Å²) in [6.45, 7) is 3.53. The molecule has 5 nitrogen and oxygen atoms in total. The highest BCUT2D eigenvalue weighted by molar-refractivity contribution is 7.91. The van der Waals surface area contributed by atoms with Crippen LogP contribution >= 0.6 is 0 Å². The van der Waals surface area contributed by atoms with Crippen LogP contribution in [-0.4, -0.2) is 46.0 Å². The van der Waals surface area contributed by atoms with Gasteiger partial charge in [0.2, 0.25) is 9.84 Å². The second kappa shape index (κ2) is 6.25. The molecule has 1 aromatic rings. The van der Waals surface area contributed by atoms with Gasteiger partial charge in [-0.05, 0) is 31.2 Å². The van der Waals surface area contributed by atoms with E-state index in [-0.39, 0.29) is 17.1 Å². The maximum atomic E-state index is 12.5. The Kier molecular flexibility index (Phi) is 4.80. The lowest BCUT2D eigenvalue weighted by molar-refractivity contribution is -0.0104. The van der Waals surface area contributed by atoms with Crippen molar-refractivity contribution >= 4 is 15.5 Å². The molecule has 2 unspecified atom stereocenters. The lowest BCUT2D eigenvalue weighted by Gasteiger charge is -2.37. The van der Waals surface area contributed by atoms with E-state index in [1.807, 2.05) is 11.8 Å². The van der Waals surface area contributed by atoms with Crippen molar-refractivity contribution in [1.82, 2.24) is 0 Å². The van der Waals surface area contributed by atoms with E-state index < -0.39 is 15.6 Å². The topological polar surface area (TPSA) is 72.6 Å². The number of ether oxygens (including phenoxy) is 1. The van der Waals surface area contributed by atoms with Crippen LogP contribution < -0.4 is 10.6 Å². The van der Waals surface area contributed by atoms with Gasteiger partial charge < -0.3 is 15.4 Å². The van der Waals surface area contributed by atoms with Gasteiger partial charge in [0, 0.05) is 25.3 Å². The molecule has 0 aliphatic carbocycles. The van der Waals surface area contributed by atoms with Crippen molar-refractivity contribution in [3.05, 3.63) is 24.3 Å². The van der Waals surface area contributed by atoms with Crippen molar-refractivity contribution in [2.24, 2.45) is 5.73 Å². The van der Waals surface area contributed by atoms with Crippen molar-refractivity contribution in [1.29, 1.82) is 0 Å². The van der Waals surface area contributed by atoms with E-state index in [4.69, 9.17) is 10.5 Å². The van der Waals surface area contributed by atoms with Crippen LogP contribution in [0.1, 0.15) is 6.92 Å². The Morgan fingerprint density at radius 1 is 1.33 bits per heavy atom. The molecule has 2 rings (SSSR count). The maximum absolute atomic E-state index is 12.5. The van der Waals surface area contributed by atoms with Crippen LogP contribution in [0.4, 0.5) is 14.5 Å². The zero-order chi connectivity index (χ0) is 15.6. The minimum Gasteiger partial charge on any atom is -0.370 e. The standard InChI is InChI=1S/C13H18F2N2O3S/c1-9-7-17(8-11(6-16)20-9)10-2-4-12(5-3-10)21(18,19)13(14)15/h2-5,9,11,13H,6-8,16H2,1H3. The number of hydrogen-bond donors (Lipinski definition) is 1. The molecule has 1 heterocycles. The fraction of sp³-hybridized carbons (Fsp3) is 0.538. The third-order valence-electron chi connectivity index (χ3n) is 3.35. The summed E-state index contributed by atoms with van der Waals surface area (Å²) in [5, 5.41) is 0. The summed E-state index contributed by atoms with van der Waals surface area (Å²) in [5.74, 6) is -3.41. The second-order valence-corrected chi connectivity index (χ2v) is 6.93. The average Bonchev–Trinajstić information content (AvgIpc) is 2.46. The fourth-order valence-electron chi connectivity index (χ4n) is 2.34. The number of rotatable bonds is 4. The molecule has 8 heteroatoms. The van der Waals surface area contributed by atoms with Crippen molar-refractivity contribution in [2.45, 2.75) is 29.8 Å². The van der Waals surface area contributed by atoms with E-state index >= 15 is 0 Å². The summed E-state index contributed by atoms with van der Waals surface area (Å²) in [4.78, 5) is 1.63. The number of anilines is 1. The molecule has 0 amide bonds. The minimum atomic E-state index is -4.55. The number of alkyl halides is 2. The van der Waals surface area contributed by atoms with Crippen LogP contribution in [0, 0.1) is 0 Å². The van der Waals surface area contributed by atoms with Crippen molar-refractivity contribution in [3.8, 4) is 0 Å². The summed E-state index contributed by atoms with van der Waals surface area (Å²) in [5.41, 5.74) is 6.37. The molecule has 0 saturated carbocycles. The molecule has 118 valence electrons. The number of benzene rings is 1. The van der Waals surface area contributed by atoms with E-state index in [1.165, 1.54) is 24.3 Å². The van der Waals surface area contributed by atoms with Gasteiger partial charge in [-0.1, -0.05) is 0 Å². The predicted octanol–water partition coefficient (Wildman–Crippen LogP) is 1.24. The van der Waals surface area contributed by atoms with Gasteiger partial charge in [0.15, 0.2) is 0 Å². The molecule has 0 aromatic heterocycles. The number of morpholine rings is 1. The summed E-state index contributed by atoms with van der Waals surface area (Å²) in [7, 11) is -4.55. The molecule has 1 saturated heterocycles. The predicted molar refractivity (Wildman–Crippen MR) is 75.2 cm³/mol. The first-order valence-electron chi connectivity index (χ1n) is 6.57. The molecule has 2 N–H and O–H groups in total. The summed E-state index contributed by atoms with van der Waals surface area (Å²) in [6.07, 6.45) is -0.102. The van der Waals surface area contributed by atoms with Crippen LogP contribution in [0.25, 0.3) is 0 Å². The van der Waals surface area contributed by atoms with Gasteiger partial charge in [-0.3, -0.25) is 0 Å². The van der Waals surface area contributed by atoms with E-state index in [0.29, 0.717) is 19.6 Å². The quantitative estimate of drug-likeness (QED) is 0.903. The highest BCUT2D eigenvalue weighted by atomic mass is 32.2. The van der Waals surface area contributed by atoms with Crippen molar-refractivity contribution in [2.75, 3.05) is 24.5 Å². The molecule has 2 atom stereocenters. The Hall–Kier alpha value is -1.25. The van der Waals surface area contributed by atoms with Crippen LogP contribution in [0.2, 0.25) is 0 Å². The third-order valence-corrected chi connectivity index (χ3v) is 4.75. The zero-order valence-corrected chi connectivity index (χ0v) is 12.4. The van der Waals surface area contributed by atoms with Gasteiger partial charge in [0.05, 0.1) is 17.1 Å². The highest BCUT2D eigenvalue weighted by Crippen LogP contribution is 2.24. The Balaban J connectivity index is 2.19. The number of sulfone groups is 1. The third kappa shape index (κ3) is 3.50. The van der Waals surface area contributed by atoms with Gasteiger partial charge in [-0.25, -0.2) is 8.42 Å². The molecule has 21 heavy (non-hydrogen) atoms. The van der Waals surface area contributed by atoms with Crippen molar-refractivity contribution < 1.29 is 21.9 Å². The Labute approximate surface area is 122 Å². The normalized spacial score (nSPS) is 23.6. The number of halogens is 2. The largest absolute Gasteiger partial charge is 0.370 e. The van der Waals surface area contributed by atoms with Gasteiger partial charge in [0.1, 0.15) is 0 Å². The van der Waals surface area contributed by atoms with E-state index in [1.54, 1.807) is 0 Å². The molecule has 1 aliphatic rings. The van der Waals surface area contributed by atoms with Crippen molar-refractivity contribution in [3.63, 3.8) is 0 Å². The molecule has 1 aromatic carbocycles. The smallest absolute Gasteiger partial charge is 0.341 e. The maximum Gasteiger partial charge on any atom is 0.341 e. The lowest BCUT2D eigenvalue weighted by Crippen LogP contribution is -2.49. The van der Waals surface area contributed by atoms with Gasteiger partial charge >= 0.3 is 5.76 Å². The zero-order valence-electron chi connectivity index (χ0n) is 11.6. The van der Waals surface area contributed by atoms with Crippen LogP contribution in [0.15, 0.2) is 29.2 Å². The Morgan fingerprint density at radius 3 is 2.48 bits per heavy atom. The van der Waals surface area contributed by atoms with Gasteiger partial charge in [-0.15, -0.1) is 0 Å². The molecular formula is C13H18F2N2O3S. The van der Waals surface area contributed by atoms with Crippen LogP contribution in [0.3, 0.4) is 0 Å². The van der Waals surface area contributed by atoms with E-state index in [0.717, 1.165) is 5.69 Å². The van der Waals surface area contributed by atoms with Gasteiger partial charge in [0.25, 0.3) is 0 Å². The number of hydrogen-bond acceptors (Lipinski definition) is 5. The number of nitrogens with two attached hydrogens (primary N) is 1. The lowest BCUT2D eigenvalue weighted by atomic mass is 10.2. The van der Waals surface area contributed by atoms with Gasteiger partial charge in [-0.2, -0.15) is 8.78 Å². The fourth-order valence-corrected chi connectivity index (χ4v) is 3.06. The molecule has 0 spiro atoms. The first-order chi connectivity index (χ1) is 9.84.